The predicted octanol–water partition coefficient (Wildman–Crippen LogP) is 0.482. The highest BCUT2D eigenvalue weighted by molar-refractivity contribution is 5.87. The van der Waals surface area contributed by atoms with E-state index in [-0.39, 0.29) is 5.91 Å². The van der Waals surface area contributed by atoms with Crippen LogP contribution in [0.4, 0.5) is 11.4 Å². The molecule has 6 heteroatoms. The summed E-state index contributed by atoms with van der Waals surface area (Å²) in [6.07, 6.45) is 0. The topological polar surface area (TPSA) is 91.4 Å². The summed E-state index contributed by atoms with van der Waals surface area (Å²) in [4.78, 5) is 14.0. The number of nitrogens with zero attached hydrogens (tertiary/aromatic N) is 2. The van der Waals surface area contributed by atoms with Crippen LogP contribution in [0.3, 0.4) is 0 Å². The monoisotopic (exact) mass is 274 g/mol. The second-order valence-electron chi connectivity index (χ2n) is 4.53. The Bertz CT molecular complexity index is 538. The van der Waals surface area contributed by atoms with Crippen molar-refractivity contribution in [3.05, 3.63) is 23.8 Å². The van der Waals surface area contributed by atoms with Gasteiger partial charge in [0.05, 0.1) is 30.2 Å². The standard InChI is InChI=1S/C14H18N4O2/c1-2-17-14(19)12-9-20-7-6-18(12)11-5-3-4-10(8-15)13(11)16/h3-5,12H,2,6-7,9,16H2,1H3,(H,17,19). The van der Waals surface area contributed by atoms with Crippen molar-refractivity contribution in [1.29, 1.82) is 5.26 Å². The highest BCUT2D eigenvalue weighted by Crippen LogP contribution is 2.29. The van der Waals surface area contributed by atoms with Gasteiger partial charge in [-0.05, 0) is 19.1 Å². The minimum atomic E-state index is -0.417. The molecule has 1 unspecified atom stereocenters. The van der Waals surface area contributed by atoms with Crippen LogP contribution in [0.25, 0.3) is 0 Å². The number of nitrogens with one attached hydrogen (secondary N) is 1. The van der Waals surface area contributed by atoms with Crippen LogP contribution in [0.1, 0.15) is 12.5 Å². The number of nitrogen functional groups attached to an aromatic ring is 1. The number of rotatable bonds is 3. The summed E-state index contributed by atoms with van der Waals surface area (Å²) >= 11 is 0. The lowest BCUT2D eigenvalue weighted by Gasteiger charge is -2.37. The van der Waals surface area contributed by atoms with Crippen LogP contribution in [-0.2, 0) is 9.53 Å². The molecule has 2 rings (SSSR count). The largest absolute Gasteiger partial charge is 0.396 e. The number of anilines is 2. The van der Waals surface area contributed by atoms with Crippen molar-refractivity contribution in [1.82, 2.24) is 5.32 Å². The lowest BCUT2D eigenvalue weighted by molar-refractivity contribution is -0.124. The van der Waals surface area contributed by atoms with E-state index in [0.29, 0.717) is 43.2 Å². The molecule has 1 saturated heterocycles. The number of hydrogen-bond acceptors (Lipinski definition) is 5. The fourth-order valence-corrected chi connectivity index (χ4v) is 2.30. The molecule has 1 amide bonds. The number of benzene rings is 1. The first-order valence-electron chi connectivity index (χ1n) is 6.59. The Labute approximate surface area is 118 Å². The summed E-state index contributed by atoms with van der Waals surface area (Å²) in [6, 6.07) is 6.91. The van der Waals surface area contributed by atoms with Crippen LogP contribution in [0.5, 0.6) is 0 Å². The number of morpholine rings is 1. The third-order valence-corrected chi connectivity index (χ3v) is 3.30. The Hall–Kier alpha value is -2.26. The summed E-state index contributed by atoms with van der Waals surface area (Å²) in [6.45, 7) is 3.86. The van der Waals surface area contributed by atoms with Gasteiger partial charge in [-0.1, -0.05) is 6.07 Å². The number of likely N-dealkylation sites (N-methyl/N-ethyl adjacent to an activating group) is 1. The molecule has 1 aliphatic heterocycles. The van der Waals surface area contributed by atoms with Crippen LogP contribution < -0.4 is 16.0 Å². The van der Waals surface area contributed by atoms with E-state index in [1.807, 2.05) is 17.9 Å². The molecule has 6 nitrogen and oxygen atoms in total. The fourth-order valence-electron chi connectivity index (χ4n) is 2.30. The molecule has 3 N–H and O–H groups in total. The van der Waals surface area contributed by atoms with Crippen molar-refractivity contribution >= 4 is 17.3 Å². The van der Waals surface area contributed by atoms with Gasteiger partial charge >= 0.3 is 0 Å². The van der Waals surface area contributed by atoms with Crippen molar-refractivity contribution in [2.45, 2.75) is 13.0 Å². The third kappa shape index (κ3) is 2.68. The van der Waals surface area contributed by atoms with Gasteiger partial charge in [-0.25, -0.2) is 0 Å². The molecule has 20 heavy (non-hydrogen) atoms. The van der Waals surface area contributed by atoms with Gasteiger partial charge in [-0.3, -0.25) is 4.79 Å². The molecule has 0 bridgehead atoms. The first-order chi connectivity index (χ1) is 9.69. The lowest BCUT2D eigenvalue weighted by atomic mass is 10.1. The molecule has 0 aromatic heterocycles. The Balaban J connectivity index is 2.33. The van der Waals surface area contributed by atoms with Crippen molar-refractivity contribution in [3.8, 4) is 6.07 Å². The minimum absolute atomic E-state index is 0.0889. The van der Waals surface area contributed by atoms with Gasteiger partial charge in [-0.2, -0.15) is 5.26 Å². The SMILES string of the molecule is CCNC(=O)C1COCCN1c1cccc(C#N)c1N. The van der Waals surface area contributed by atoms with E-state index in [1.165, 1.54) is 0 Å². The van der Waals surface area contributed by atoms with Crippen LogP contribution in [0.15, 0.2) is 18.2 Å². The molecule has 0 spiro atoms. The summed E-state index contributed by atoms with van der Waals surface area (Å²) in [5.41, 5.74) is 7.56. The number of ether oxygens (including phenoxy) is 1. The third-order valence-electron chi connectivity index (χ3n) is 3.30. The van der Waals surface area contributed by atoms with Crippen LogP contribution in [-0.4, -0.2) is 38.3 Å². The minimum Gasteiger partial charge on any atom is -0.396 e. The quantitative estimate of drug-likeness (QED) is 0.782. The van der Waals surface area contributed by atoms with E-state index >= 15 is 0 Å². The number of nitriles is 1. The van der Waals surface area contributed by atoms with Gasteiger partial charge in [0.2, 0.25) is 5.91 Å². The summed E-state index contributed by atoms with van der Waals surface area (Å²) in [5.74, 6) is -0.0889. The zero-order chi connectivity index (χ0) is 14.5. The normalized spacial score (nSPS) is 18.4. The van der Waals surface area contributed by atoms with Crippen LogP contribution in [0.2, 0.25) is 0 Å². The Morgan fingerprint density at radius 2 is 2.45 bits per heavy atom. The Morgan fingerprint density at radius 1 is 1.65 bits per heavy atom. The molecule has 1 heterocycles. The fraction of sp³-hybridized carbons (Fsp3) is 0.429. The van der Waals surface area contributed by atoms with Gasteiger partial charge in [-0.15, -0.1) is 0 Å². The van der Waals surface area contributed by atoms with Gasteiger partial charge < -0.3 is 20.7 Å². The average Bonchev–Trinajstić information content (AvgIpc) is 2.48. The van der Waals surface area contributed by atoms with E-state index in [9.17, 15) is 4.79 Å². The van der Waals surface area contributed by atoms with E-state index in [0.717, 1.165) is 0 Å². The average molecular weight is 274 g/mol. The molecule has 0 aliphatic carbocycles. The van der Waals surface area contributed by atoms with Gasteiger partial charge in [0.15, 0.2) is 0 Å². The predicted molar refractivity (Wildman–Crippen MR) is 76.2 cm³/mol. The maximum atomic E-state index is 12.1. The molecule has 1 fully saturated rings. The maximum Gasteiger partial charge on any atom is 0.245 e. The number of carbonyl (C=O) groups excluding carboxylic acids is 1. The second-order valence-corrected chi connectivity index (χ2v) is 4.53. The molecular weight excluding hydrogens is 256 g/mol. The zero-order valence-corrected chi connectivity index (χ0v) is 11.4. The molecular formula is C14H18N4O2. The van der Waals surface area contributed by atoms with Crippen molar-refractivity contribution in [2.75, 3.05) is 36.9 Å². The lowest BCUT2D eigenvalue weighted by Crippen LogP contribution is -2.54. The summed E-state index contributed by atoms with van der Waals surface area (Å²) < 4.78 is 5.39. The molecule has 1 aliphatic rings. The number of hydrogen-bond donors (Lipinski definition) is 2. The van der Waals surface area contributed by atoms with E-state index in [1.54, 1.807) is 12.1 Å². The second kappa shape index (κ2) is 6.26. The van der Waals surface area contributed by atoms with Crippen LogP contribution >= 0.6 is 0 Å². The van der Waals surface area contributed by atoms with Crippen molar-refractivity contribution in [3.63, 3.8) is 0 Å². The van der Waals surface area contributed by atoms with Gasteiger partial charge in [0, 0.05) is 13.1 Å². The van der Waals surface area contributed by atoms with E-state index in [4.69, 9.17) is 15.7 Å². The highest BCUT2D eigenvalue weighted by atomic mass is 16.5. The number of amides is 1. The molecule has 0 saturated carbocycles. The Kier molecular flexibility index (Phi) is 4.43. The number of nitrogens with two attached hydrogens (primary N) is 1. The van der Waals surface area contributed by atoms with E-state index in [2.05, 4.69) is 11.4 Å². The zero-order valence-electron chi connectivity index (χ0n) is 11.4. The first kappa shape index (κ1) is 14.2. The number of para-hydroxylation sites is 1. The number of carbonyl (C=O) groups is 1. The smallest absolute Gasteiger partial charge is 0.245 e. The van der Waals surface area contributed by atoms with Crippen molar-refractivity contribution in [2.24, 2.45) is 0 Å². The molecule has 106 valence electrons. The highest BCUT2D eigenvalue weighted by Gasteiger charge is 2.30. The summed E-state index contributed by atoms with van der Waals surface area (Å²) in [5, 5.41) is 11.8. The molecule has 1 aromatic carbocycles. The molecule has 1 atom stereocenters. The van der Waals surface area contributed by atoms with E-state index < -0.39 is 6.04 Å². The molecule has 1 aromatic rings. The molecule has 0 radical (unpaired) electrons. The van der Waals surface area contributed by atoms with Crippen molar-refractivity contribution < 1.29 is 9.53 Å². The van der Waals surface area contributed by atoms with Gasteiger partial charge in [0.25, 0.3) is 0 Å². The summed E-state index contributed by atoms with van der Waals surface area (Å²) in [7, 11) is 0. The van der Waals surface area contributed by atoms with Crippen LogP contribution in [0, 0.1) is 11.3 Å². The Morgan fingerprint density at radius 3 is 3.15 bits per heavy atom. The first-order valence-corrected chi connectivity index (χ1v) is 6.59. The van der Waals surface area contributed by atoms with Gasteiger partial charge in [0.1, 0.15) is 12.1 Å². The maximum absolute atomic E-state index is 12.1.